The Bertz CT molecular complexity index is 199. The number of piperidine rings is 1. The standard InChI is InChI=1S/C14H28N2/c1-13(12-15)4-9-16-10-7-14(8-11-16)5-2-3-6-14/h13H,2-12,15H2,1H3. The predicted octanol–water partition coefficient (Wildman–Crippen LogP) is 2.63. The summed E-state index contributed by atoms with van der Waals surface area (Å²) >= 11 is 0. The second kappa shape index (κ2) is 5.50. The maximum Gasteiger partial charge on any atom is -0.00134 e. The van der Waals surface area contributed by atoms with E-state index in [2.05, 4.69) is 11.8 Å². The van der Waals surface area contributed by atoms with Gasteiger partial charge in [-0.15, -0.1) is 0 Å². The second-order valence-electron chi connectivity index (χ2n) is 6.18. The topological polar surface area (TPSA) is 29.3 Å². The lowest BCUT2D eigenvalue weighted by Gasteiger charge is -2.39. The molecule has 0 amide bonds. The molecule has 1 spiro atoms. The summed E-state index contributed by atoms with van der Waals surface area (Å²) in [5.41, 5.74) is 6.44. The maximum absolute atomic E-state index is 5.66. The fourth-order valence-electron chi connectivity index (χ4n) is 3.40. The van der Waals surface area contributed by atoms with E-state index in [1.165, 1.54) is 64.6 Å². The minimum absolute atomic E-state index is 0.697. The van der Waals surface area contributed by atoms with E-state index in [1.54, 1.807) is 0 Å². The summed E-state index contributed by atoms with van der Waals surface area (Å²) in [6.45, 7) is 7.07. The number of nitrogens with two attached hydrogens (primary N) is 1. The third-order valence-corrected chi connectivity index (χ3v) is 4.92. The van der Waals surface area contributed by atoms with Gasteiger partial charge >= 0.3 is 0 Å². The molecule has 1 unspecified atom stereocenters. The third-order valence-electron chi connectivity index (χ3n) is 4.92. The normalized spacial score (nSPS) is 27.4. The third kappa shape index (κ3) is 2.98. The fourth-order valence-corrected chi connectivity index (χ4v) is 3.40. The SMILES string of the molecule is CC(CN)CCN1CCC2(CCCC2)CC1. The molecule has 1 heterocycles. The Morgan fingerprint density at radius 3 is 2.31 bits per heavy atom. The van der Waals surface area contributed by atoms with Crippen LogP contribution in [0.15, 0.2) is 0 Å². The van der Waals surface area contributed by atoms with E-state index in [1.807, 2.05) is 0 Å². The Kier molecular flexibility index (Phi) is 4.26. The molecule has 1 saturated heterocycles. The first-order chi connectivity index (χ1) is 7.74. The number of hydrogen-bond donors (Lipinski definition) is 1. The van der Waals surface area contributed by atoms with E-state index < -0.39 is 0 Å². The highest BCUT2D eigenvalue weighted by Crippen LogP contribution is 2.46. The van der Waals surface area contributed by atoms with Crippen molar-refractivity contribution in [1.29, 1.82) is 0 Å². The number of rotatable bonds is 4. The molecule has 2 rings (SSSR count). The van der Waals surface area contributed by atoms with Crippen LogP contribution < -0.4 is 5.73 Å². The highest BCUT2D eigenvalue weighted by Gasteiger charge is 2.36. The van der Waals surface area contributed by atoms with E-state index in [-0.39, 0.29) is 0 Å². The van der Waals surface area contributed by atoms with E-state index >= 15 is 0 Å². The molecule has 0 aromatic heterocycles. The van der Waals surface area contributed by atoms with Crippen molar-refractivity contribution in [2.24, 2.45) is 17.1 Å². The quantitative estimate of drug-likeness (QED) is 0.795. The molecule has 0 radical (unpaired) electrons. The van der Waals surface area contributed by atoms with Crippen LogP contribution in [-0.4, -0.2) is 31.1 Å². The molecular formula is C14H28N2. The average molecular weight is 224 g/mol. The van der Waals surface area contributed by atoms with Gasteiger partial charge in [-0.1, -0.05) is 19.8 Å². The molecule has 0 aromatic carbocycles. The predicted molar refractivity (Wildman–Crippen MR) is 69.4 cm³/mol. The van der Waals surface area contributed by atoms with Gasteiger partial charge in [-0.05, 0) is 69.6 Å². The Morgan fingerprint density at radius 2 is 1.75 bits per heavy atom. The van der Waals surface area contributed by atoms with E-state index in [0.29, 0.717) is 5.92 Å². The molecule has 2 fully saturated rings. The van der Waals surface area contributed by atoms with Gasteiger partial charge in [0.1, 0.15) is 0 Å². The first kappa shape index (κ1) is 12.4. The van der Waals surface area contributed by atoms with Crippen molar-refractivity contribution in [3.8, 4) is 0 Å². The molecule has 0 bridgehead atoms. The van der Waals surface area contributed by atoms with Crippen LogP contribution in [0.25, 0.3) is 0 Å². The van der Waals surface area contributed by atoms with Crippen LogP contribution in [0.5, 0.6) is 0 Å². The molecule has 16 heavy (non-hydrogen) atoms. The first-order valence-corrected chi connectivity index (χ1v) is 7.16. The Morgan fingerprint density at radius 1 is 1.12 bits per heavy atom. The Balaban J connectivity index is 1.69. The van der Waals surface area contributed by atoms with Crippen molar-refractivity contribution in [3.05, 3.63) is 0 Å². The maximum atomic E-state index is 5.66. The van der Waals surface area contributed by atoms with Crippen molar-refractivity contribution in [2.45, 2.75) is 51.9 Å². The Labute approximate surface area is 101 Å². The van der Waals surface area contributed by atoms with Crippen LogP contribution in [0.1, 0.15) is 51.9 Å². The summed E-state index contributed by atoms with van der Waals surface area (Å²) < 4.78 is 0. The van der Waals surface area contributed by atoms with E-state index in [0.717, 1.165) is 12.0 Å². The highest BCUT2D eigenvalue weighted by atomic mass is 15.1. The first-order valence-electron chi connectivity index (χ1n) is 7.16. The smallest absolute Gasteiger partial charge is 0.00134 e. The number of hydrogen-bond acceptors (Lipinski definition) is 2. The minimum Gasteiger partial charge on any atom is -0.330 e. The molecule has 2 N–H and O–H groups in total. The number of likely N-dealkylation sites (tertiary alicyclic amines) is 1. The van der Waals surface area contributed by atoms with Crippen LogP contribution in [0.2, 0.25) is 0 Å². The minimum atomic E-state index is 0.697. The van der Waals surface area contributed by atoms with Crippen LogP contribution in [0.3, 0.4) is 0 Å². The zero-order valence-corrected chi connectivity index (χ0v) is 10.9. The van der Waals surface area contributed by atoms with E-state index in [9.17, 15) is 0 Å². The summed E-state index contributed by atoms with van der Waals surface area (Å²) in [6.07, 6.45) is 10.2. The van der Waals surface area contributed by atoms with Crippen LogP contribution in [-0.2, 0) is 0 Å². The van der Waals surface area contributed by atoms with Crippen LogP contribution in [0.4, 0.5) is 0 Å². The zero-order valence-electron chi connectivity index (χ0n) is 10.9. The van der Waals surface area contributed by atoms with Gasteiger partial charge in [0.2, 0.25) is 0 Å². The molecule has 1 atom stereocenters. The largest absolute Gasteiger partial charge is 0.330 e. The van der Waals surface area contributed by atoms with Crippen molar-refractivity contribution in [2.75, 3.05) is 26.2 Å². The monoisotopic (exact) mass is 224 g/mol. The molecule has 94 valence electrons. The Hall–Kier alpha value is -0.0800. The zero-order chi connectivity index (χ0) is 11.4. The molecule has 2 nitrogen and oxygen atoms in total. The van der Waals surface area contributed by atoms with E-state index in [4.69, 9.17) is 5.73 Å². The molecule has 2 aliphatic rings. The second-order valence-corrected chi connectivity index (χ2v) is 6.18. The molecule has 1 aliphatic heterocycles. The molecular weight excluding hydrogens is 196 g/mol. The number of nitrogens with zero attached hydrogens (tertiary/aromatic N) is 1. The summed E-state index contributed by atoms with van der Waals surface area (Å²) in [7, 11) is 0. The van der Waals surface area contributed by atoms with Crippen molar-refractivity contribution in [3.63, 3.8) is 0 Å². The van der Waals surface area contributed by atoms with Gasteiger partial charge in [-0.2, -0.15) is 0 Å². The highest BCUT2D eigenvalue weighted by molar-refractivity contribution is 4.89. The lowest BCUT2D eigenvalue weighted by atomic mass is 9.77. The van der Waals surface area contributed by atoms with Gasteiger partial charge in [0.15, 0.2) is 0 Å². The van der Waals surface area contributed by atoms with Crippen LogP contribution >= 0.6 is 0 Å². The lowest BCUT2D eigenvalue weighted by Crippen LogP contribution is -2.39. The molecule has 1 saturated carbocycles. The van der Waals surface area contributed by atoms with Gasteiger partial charge in [0.05, 0.1) is 0 Å². The summed E-state index contributed by atoms with van der Waals surface area (Å²) in [4.78, 5) is 2.66. The molecule has 0 aromatic rings. The average Bonchev–Trinajstić information content (AvgIpc) is 2.77. The fraction of sp³-hybridized carbons (Fsp3) is 1.00. The molecule has 2 heteroatoms. The van der Waals surface area contributed by atoms with Gasteiger partial charge in [-0.3, -0.25) is 0 Å². The van der Waals surface area contributed by atoms with Crippen molar-refractivity contribution in [1.82, 2.24) is 4.90 Å². The van der Waals surface area contributed by atoms with Crippen molar-refractivity contribution < 1.29 is 0 Å². The van der Waals surface area contributed by atoms with Crippen LogP contribution in [0, 0.1) is 11.3 Å². The lowest BCUT2D eigenvalue weighted by molar-refractivity contribution is 0.105. The van der Waals surface area contributed by atoms with Crippen molar-refractivity contribution >= 4 is 0 Å². The van der Waals surface area contributed by atoms with Gasteiger partial charge in [0.25, 0.3) is 0 Å². The molecule has 1 aliphatic carbocycles. The van der Waals surface area contributed by atoms with Gasteiger partial charge in [-0.25, -0.2) is 0 Å². The van der Waals surface area contributed by atoms with Gasteiger partial charge in [0, 0.05) is 0 Å². The van der Waals surface area contributed by atoms with Gasteiger partial charge < -0.3 is 10.6 Å². The summed E-state index contributed by atoms with van der Waals surface area (Å²) in [6, 6.07) is 0. The summed E-state index contributed by atoms with van der Waals surface area (Å²) in [5, 5.41) is 0. The summed E-state index contributed by atoms with van der Waals surface area (Å²) in [5.74, 6) is 0.697.